The average Bonchev–Trinajstić information content (AvgIpc) is 3.45. The number of aromatic nitrogens is 1. The Morgan fingerprint density at radius 1 is 1.39 bits per heavy atom. The second-order valence-corrected chi connectivity index (χ2v) is 8.31. The fourth-order valence-electron chi connectivity index (χ4n) is 4.60. The monoisotopic (exact) mass is 433 g/mol. The number of carboxylic acid groups (broad SMARTS) is 1. The van der Waals surface area contributed by atoms with Crippen molar-refractivity contribution >= 4 is 22.7 Å². The molecule has 168 valence electrons. The molecule has 0 spiro atoms. The van der Waals surface area contributed by atoms with Crippen LogP contribution in [-0.2, 0) is 0 Å². The van der Waals surface area contributed by atoms with E-state index in [1.165, 1.54) is 19.4 Å². The molecule has 1 aliphatic heterocycles. The lowest BCUT2D eigenvalue weighted by molar-refractivity contribution is 0.143. The molecular formula is C22H28FN3O5. The lowest BCUT2D eigenvalue weighted by Gasteiger charge is -2.26. The van der Waals surface area contributed by atoms with Gasteiger partial charge in [-0.15, -0.1) is 0 Å². The second kappa shape index (κ2) is 8.37. The summed E-state index contributed by atoms with van der Waals surface area (Å²) in [4.78, 5) is 25.9. The lowest BCUT2D eigenvalue weighted by atomic mass is 10.0. The molecular weight excluding hydrogens is 405 g/mol. The zero-order chi connectivity index (χ0) is 22.3. The minimum absolute atomic E-state index is 0.0560. The summed E-state index contributed by atoms with van der Waals surface area (Å²) < 4.78 is 27.5. The molecule has 0 unspecified atom stereocenters. The number of fused-ring (bicyclic) bond motifs is 1. The Labute approximate surface area is 179 Å². The van der Waals surface area contributed by atoms with E-state index in [2.05, 4.69) is 23.9 Å². The molecule has 2 aromatic rings. The topological polar surface area (TPSA) is 93.0 Å². The van der Waals surface area contributed by atoms with Crippen LogP contribution in [-0.4, -0.2) is 48.6 Å². The number of rotatable bonds is 7. The molecule has 4 rings (SSSR count). The number of nitrogens with zero attached hydrogens (tertiary/aromatic N) is 2. The molecule has 0 radical (unpaired) electrons. The van der Waals surface area contributed by atoms with E-state index in [-0.39, 0.29) is 17.2 Å². The molecule has 9 heteroatoms. The molecule has 2 atom stereocenters. The van der Waals surface area contributed by atoms with Crippen molar-refractivity contribution in [2.75, 3.05) is 31.6 Å². The van der Waals surface area contributed by atoms with Gasteiger partial charge in [0, 0.05) is 25.2 Å². The van der Waals surface area contributed by atoms with Crippen molar-refractivity contribution in [3.8, 4) is 11.5 Å². The fourth-order valence-corrected chi connectivity index (χ4v) is 4.60. The highest BCUT2D eigenvalue weighted by Crippen LogP contribution is 2.45. The van der Waals surface area contributed by atoms with Crippen LogP contribution in [0.3, 0.4) is 0 Å². The summed E-state index contributed by atoms with van der Waals surface area (Å²) in [6.07, 6.45) is 2.51. The average molecular weight is 433 g/mol. The van der Waals surface area contributed by atoms with Crippen LogP contribution in [0, 0.1) is 11.7 Å². The van der Waals surface area contributed by atoms with Gasteiger partial charge in [-0.3, -0.25) is 4.79 Å². The van der Waals surface area contributed by atoms with E-state index in [1.807, 2.05) is 4.90 Å². The number of benzene rings is 1. The second-order valence-electron chi connectivity index (χ2n) is 8.31. The van der Waals surface area contributed by atoms with Gasteiger partial charge < -0.3 is 29.4 Å². The molecule has 1 aromatic heterocycles. The molecule has 31 heavy (non-hydrogen) atoms. The van der Waals surface area contributed by atoms with E-state index in [1.54, 1.807) is 4.57 Å². The zero-order valence-corrected chi connectivity index (χ0v) is 18.0. The van der Waals surface area contributed by atoms with Crippen LogP contribution >= 0.6 is 0 Å². The lowest BCUT2D eigenvalue weighted by Crippen LogP contribution is -2.35. The molecule has 0 amide bonds. The van der Waals surface area contributed by atoms with Crippen LogP contribution in [0.15, 0.2) is 17.1 Å². The highest BCUT2D eigenvalue weighted by Gasteiger charge is 2.34. The number of hydrogen-bond donors (Lipinski definition) is 2. The van der Waals surface area contributed by atoms with Crippen molar-refractivity contribution in [3.05, 3.63) is 28.3 Å². The minimum atomic E-state index is -1.58. The van der Waals surface area contributed by atoms with Crippen LogP contribution in [0.2, 0.25) is 0 Å². The van der Waals surface area contributed by atoms with Gasteiger partial charge in [-0.1, -0.05) is 6.92 Å². The maximum absolute atomic E-state index is 15.4. The first-order valence-electron chi connectivity index (χ1n) is 10.7. The standard InChI is InChI=1S/C22H28FN3O5/c1-4-24-12(2)13-7-8-25(10-13)19-16(23)9-15-18(21(19)30-3)26(14-5-6-14)11-17(20(15)27)31-22(28)29/h9,11-14,24H,4-8,10H2,1-3H3,(H,28,29)/t12-,13+/m1/s1. The van der Waals surface area contributed by atoms with E-state index in [4.69, 9.17) is 9.84 Å². The molecule has 1 aromatic carbocycles. The zero-order valence-electron chi connectivity index (χ0n) is 18.0. The Hall–Kier alpha value is -2.81. The molecule has 2 aliphatic rings. The number of nitrogens with one attached hydrogen (secondary N) is 1. The van der Waals surface area contributed by atoms with Crippen LogP contribution in [0.4, 0.5) is 14.9 Å². The summed E-state index contributed by atoms with van der Waals surface area (Å²) in [6, 6.07) is 1.58. The third-order valence-electron chi connectivity index (χ3n) is 6.28. The first-order chi connectivity index (χ1) is 14.8. The van der Waals surface area contributed by atoms with E-state index >= 15 is 4.39 Å². The van der Waals surface area contributed by atoms with E-state index in [0.29, 0.717) is 42.0 Å². The van der Waals surface area contributed by atoms with Crippen molar-refractivity contribution in [2.45, 2.75) is 45.2 Å². The van der Waals surface area contributed by atoms with Gasteiger partial charge in [0.2, 0.25) is 5.43 Å². The molecule has 2 N–H and O–H groups in total. The van der Waals surface area contributed by atoms with Gasteiger partial charge in [-0.05, 0) is 44.7 Å². The van der Waals surface area contributed by atoms with Gasteiger partial charge in [0.15, 0.2) is 17.3 Å². The molecule has 1 saturated carbocycles. The van der Waals surface area contributed by atoms with Crippen molar-refractivity contribution in [1.82, 2.24) is 9.88 Å². The predicted molar refractivity (Wildman–Crippen MR) is 115 cm³/mol. The molecule has 2 heterocycles. The first-order valence-corrected chi connectivity index (χ1v) is 10.7. The van der Waals surface area contributed by atoms with Gasteiger partial charge in [-0.2, -0.15) is 0 Å². The summed E-state index contributed by atoms with van der Waals surface area (Å²) in [5.41, 5.74) is 0.160. The number of methoxy groups -OCH3 is 1. The Kier molecular flexibility index (Phi) is 5.79. The molecule has 0 bridgehead atoms. The van der Waals surface area contributed by atoms with Gasteiger partial charge in [0.05, 0.1) is 24.2 Å². The van der Waals surface area contributed by atoms with E-state index < -0.39 is 17.4 Å². The summed E-state index contributed by atoms with van der Waals surface area (Å²) in [5.74, 6) is -0.218. The van der Waals surface area contributed by atoms with Crippen LogP contribution in [0.1, 0.15) is 39.2 Å². The van der Waals surface area contributed by atoms with Crippen molar-refractivity contribution in [2.24, 2.45) is 5.92 Å². The number of hydrogen-bond acceptors (Lipinski definition) is 6. The van der Waals surface area contributed by atoms with Crippen LogP contribution in [0.5, 0.6) is 11.5 Å². The Bertz CT molecular complexity index is 1070. The molecule has 1 saturated heterocycles. The van der Waals surface area contributed by atoms with Gasteiger partial charge in [0.1, 0.15) is 5.69 Å². The third kappa shape index (κ3) is 3.94. The summed E-state index contributed by atoms with van der Waals surface area (Å²) in [5, 5.41) is 12.5. The maximum atomic E-state index is 15.4. The molecule has 2 fully saturated rings. The Balaban J connectivity index is 1.85. The predicted octanol–water partition coefficient (Wildman–Crippen LogP) is 3.37. The first kappa shape index (κ1) is 21.4. The Morgan fingerprint density at radius 3 is 2.74 bits per heavy atom. The minimum Gasteiger partial charge on any atom is -0.492 e. The normalized spacial score (nSPS) is 19.6. The van der Waals surface area contributed by atoms with Gasteiger partial charge >= 0.3 is 6.16 Å². The van der Waals surface area contributed by atoms with Crippen molar-refractivity contribution in [3.63, 3.8) is 0 Å². The summed E-state index contributed by atoms with van der Waals surface area (Å²) in [7, 11) is 1.47. The third-order valence-corrected chi connectivity index (χ3v) is 6.28. The SMILES string of the molecule is CCN[C@H](C)[C@H]1CCN(c2c(F)cc3c(=O)c(OC(=O)O)cn(C4CC4)c3c2OC)C1. The molecule has 1 aliphatic carbocycles. The fraction of sp³-hybridized carbons (Fsp3) is 0.545. The summed E-state index contributed by atoms with van der Waals surface area (Å²) in [6.45, 7) is 6.45. The number of ether oxygens (including phenoxy) is 2. The van der Waals surface area contributed by atoms with Crippen LogP contribution < -0.4 is 25.1 Å². The van der Waals surface area contributed by atoms with Gasteiger partial charge in [-0.25, -0.2) is 9.18 Å². The van der Waals surface area contributed by atoms with Crippen molar-refractivity contribution in [1.29, 1.82) is 0 Å². The van der Waals surface area contributed by atoms with E-state index in [9.17, 15) is 9.59 Å². The van der Waals surface area contributed by atoms with Crippen LogP contribution in [0.25, 0.3) is 10.9 Å². The van der Waals surface area contributed by atoms with Gasteiger partial charge in [0.25, 0.3) is 0 Å². The highest BCUT2D eigenvalue weighted by atomic mass is 19.1. The van der Waals surface area contributed by atoms with E-state index in [0.717, 1.165) is 25.8 Å². The number of carbonyl (C=O) groups is 1. The quantitative estimate of drug-likeness (QED) is 0.647. The van der Waals surface area contributed by atoms with Crippen molar-refractivity contribution < 1.29 is 23.8 Å². The smallest absolute Gasteiger partial charge is 0.492 e. The summed E-state index contributed by atoms with van der Waals surface area (Å²) >= 11 is 0. The maximum Gasteiger partial charge on any atom is 0.511 e. The number of anilines is 1. The largest absolute Gasteiger partial charge is 0.511 e. The number of halogens is 1. The Morgan fingerprint density at radius 2 is 2.13 bits per heavy atom. The molecule has 8 nitrogen and oxygen atoms in total. The highest BCUT2D eigenvalue weighted by molar-refractivity contribution is 5.92. The number of pyridine rings is 1.